The molecule has 2 rings (SSSR count). The van der Waals surface area contributed by atoms with Crippen molar-refractivity contribution in [2.24, 2.45) is 0 Å². The standard InChI is InChI=1S/C22H24ClNO3/c1-5-8-16(6-2)14-27-22(26)21-15(4)24(7-3)20(25)13-19(21)17-9-11-18(23)12-10-17/h5-6,8-12,19H,1-2,7,13-14H2,3-4H3/b16-8+. The second-order valence-corrected chi connectivity index (χ2v) is 6.64. The molecule has 0 aromatic heterocycles. The molecule has 0 bridgehead atoms. The van der Waals surface area contributed by atoms with Gasteiger partial charge in [0.1, 0.15) is 6.61 Å². The first kappa shape index (κ1) is 20.7. The lowest BCUT2D eigenvalue weighted by Crippen LogP contribution is -2.38. The summed E-state index contributed by atoms with van der Waals surface area (Å²) in [4.78, 5) is 27.1. The number of halogens is 1. The van der Waals surface area contributed by atoms with Gasteiger partial charge in [-0.15, -0.1) is 0 Å². The lowest BCUT2D eigenvalue weighted by atomic mass is 9.83. The van der Waals surface area contributed by atoms with Crippen LogP contribution in [0.4, 0.5) is 0 Å². The minimum atomic E-state index is -0.435. The molecule has 0 radical (unpaired) electrons. The third-order valence-corrected chi connectivity index (χ3v) is 4.85. The molecule has 1 unspecified atom stereocenters. The maximum atomic E-state index is 12.9. The number of esters is 1. The zero-order valence-electron chi connectivity index (χ0n) is 15.7. The van der Waals surface area contributed by atoms with Crippen molar-refractivity contribution in [2.75, 3.05) is 13.2 Å². The van der Waals surface area contributed by atoms with Crippen molar-refractivity contribution in [3.8, 4) is 0 Å². The Hall–Kier alpha value is -2.59. The van der Waals surface area contributed by atoms with Crippen molar-refractivity contribution < 1.29 is 14.3 Å². The fourth-order valence-corrected chi connectivity index (χ4v) is 3.33. The van der Waals surface area contributed by atoms with Gasteiger partial charge in [-0.05, 0) is 37.1 Å². The van der Waals surface area contributed by atoms with Crippen molar-refractivity contribution in [3.63, 3.8) is 0 Å². The largest absolute Gasteiger partial charge is 0.457 e. The SMILES string of the molecule is C=C/C=C(\C=C)COC(=O)C1=C(C)N(CC)C(=O)CC1c1ccc(Cl)cc1. The van der Waals surface area contributed by atoms with Gasteiger partial charge in [-0.25, -0.2) is 4.79 Å². The van der Waals surface area contributed by atoms with E-state index in [0.717, 1.165) is 11.1 Å². The Morgan fingerprint density at radius 2 is 2.00 bits per heavy atom. The number of carbonyl (C=O) groups excluding carboxylic acids is 2. The van der Waals surface area contributed by atoms with Crippen LogP contribution in [0.3, 0.4) is 0 Å². The van der Waals surface area contributed by atoms with Gasteiger partial charge in [0, 0.05) is 29.6 Å². The molecule has 0 fully saturated rings. The van der Waals surface area contributed by atoms with Crippen LogP contribution in [0, 0.1) is 0 Å². The molecule has 0 saturated carbocycles. The number of nitrogens with zero attached hydrogens (tertiary/aromatic N) is 1. The van der Waals surface area contributed by atoms with E-state index in [1.807, 2.05) is 19.1 Å². The number of rotatable bonds is 7. The molecule has 5 heteroatoms. The summed E-state index contributed by atoms with van der Waals surface area (Å²) in [5, 5.41) is 0.603. The number of allylic oxidation sites excluding steroid dienone is 3. The Labute approximate surface area is 165 Å². The Morgan fingerprint density at radius 1 is 1.33 bits per heavy atom. The van der Waals surface area contributed by atoms with Gasteiger partial charge in [0.05, 0.1) is 5.57 Å². The highest BCUT2D eigenvalue weighted by atomic mass is 35.5. The molecule has 0 saturated heterocycles. The molecule has 4 nitrogen and oxygen atoms in total. The maximum absolute atomic E-state index is 12.9. The predicted molar refractivity (Wildman–Crippen MR) is 108 cm³/mol. The first-order chi connectivity index (χ1) is 12.9. The highest BCUT2D eigenvalue weighted by Crippen LogP contribution is 2.37. The minimum Gasteiger partial charge on any atom is -0.457 e. The molecule has 1 aliphatic rings. The van der Waals surface area contributed by atoms with E-state index in [4.69, 9.17) is 16.3 Å². The highest BCUT2D eigenvalue weighted by Gasteiger charge is 2.36. The third-order valence-electron chi connectivity index (χ3n) is 4.60. The monoisotopic (exact) mass is 385 g/mol. The van der Waals surface area contributed by atoms with Gasteiger partial charge in [-0.1, -0.05) is 55.1 Å². The van der Waals surface area contributed by atoms with Crippen molar-refractivity contribution in [1.29, 1.82) is 0 Å². The third kappa shape index (κ3) is 4.77. The van der Waals surface area contributed by atoms with E-state index in [1.165, 1.54) is 0 Å². The van der Waals surface area contributed by atoms with Crippen molar-refractivity contribution in [1.82, 2.24) is 4.90 Å². The number of hydrogen-bond donors (Lipinski definition) is 0. The van der Waals surface area contributed by atoms with Gasteiger partial charge < -0.3 is 9.64 Å². The minimum absolute atomic E-state index is 0.00941. The summed E-state index contributed by atoms with van der Waals surface area (Å²) in [7, 11) is 0. The molecule has 27 heavy (non-hydrogen) atoms. The van der Waals surface area contributed by atoms with Gasteiger partial charge in [-0.3, -0.25) is 4.79 Å². The summed E-state index contributed by atoms with van der Waals surface area (Å²) in [5.41, 5.74) is 2.74. The lowest BCUT2D eigenvalue weighted by Gasteiger charge is -2.33. The van der Waals surface area contributed by atoms with E-state index < -0.39 is 5.97 Å². The van der Waals surface area contributed by atoms with E-state index >= 15 is 0 Å². The van der Waals surface area contributed by atoms with Gasteiger partial charge in [0.15, 0.2) is 0 Å². The van der Waals surface area contributed by atoms with Crippen LogP contribution in [-0.4, -0.2) is 29.9 Å². The number of carbonyl (C=O) groups is 2. The van der Waals surface area contributed by atoms with Gasteiger partial charge in [-0.2, -0.15) is 0 Å². The van der Waals surface area contributed by atoms with Crippen molar-refractivity contribution >= 4 is 23.5 Å². The molecule has 0 N–H and O–H groups in total. The molecule has 142 valence electrons. The van der Waals surface area contributed by atoms with Crippen LogP contribution >= 0.6 is 11.6 Å². The molecule has 1 aliphatic heterocycles. The second-order valence-electron chi connectivity index (χ2n) is 6.20. The number of amides is 1. The topological polar surface area (TPSA) is 46.6 Å². The van der Waals surface area contributed by atoms with Crippen LogP contribution in [0.1, 0.15) is 31.7 Å². The van der Waals surface area contributed by atoms with E-state index in [9.17, 15) is 9.59 Å². The number of benzene rings is 1. The van der Waals surface area contributed by atoms with Crippen LogP contribution in [0.15, 0.2) is 72.5 Å². The van der Waals surface area contributed by atoms with Gasteiger partial charge >= 0.3 is 5.97 Å². The molecule has 1 aromatic carbocycles. The fraction of sp³-hybridized carbons (Fsp3) is 0.273. The fourth-order valence-electron chi connectivity index (χ4n) is 3.21. The first-order valence-electron chi connectivity index (χ1n) is 8.80. The van der Waals surface area contributed by atoms with E-state index in [-0.39, 0.29) is 24.9 Å². The van der Waals surface area contributed by atoms with Crippen molar-refractivity contribution in [3.05, 3.63) is 83.1 Å². The smallest absolute Gasteiger partial charge is 0.336 e. The van der Waals surface area contributed by atoms with Crippen LogP contribution < -0.4 is 0 Å². The number of hydrogen-bond acceptors (Lipinski definition) is 3. The predicted octanol–water partition coefficient (Wildman–Crippen LogP) is 4.79. The lowest BCUT2D eigenvalue weighted by molar-refractivity contribution is -0.139. The van der Waals surface area contributed by atoms with Crippen molar-refractivity contribution in [2.45, 2.75) is 26.2 Å². The molecule has 1 aromatic rings. The highest BCUT2D eigenvalue weighted by molar-refractivity contribution is 6.30. The summed E-state index contributed by atoms with van der Waals surface area (Å²) in [6.07, 6.45) is 5.19. The summed E-state index contributed by atoms with van der Waals surface area (Å²) < 4.78 is 5.51. The van der Waals surface area contributed by atoms with E-state index in [1.54, 1.807) is 42.2 Å². The molecule has 1 amide bonds. The summed E-state index contributed by atoms with van der Waals surface area (Å²) >= 11 is 5.98. The molecule has 1 heterocycles. The second kappa shape index (κ2) is 9.38. The summed E-state index contributed by atoms with van der Waals surface area (Å²) in [6, 6.07) is 7.20. The Morgan fingerprint density at radius 3 is 2.56 bits per heavy atom. The maximum Gasteiger partial charge on any atom is 0.336 e. The molecular weight excluding hydrogens is 362 g/mol. The summed E-state index contributed by atoms with van der Waals surface area (Å²) in [6.45, 7) is 11.6. The summed E-state index contributed by atoms with van der Waals surface area (Å²) in [5.74, 6) is -0.805. The van der Waals surface area contributed by atoms with Crippen LogP contribution in [0.2, 0.25) is 5.02 Å². The average Bonchev–Trinajstić information content (AvgIpc) is 2.65. The molecule has 0 aliphatic carbocycles. The zero-order valence-corrected chi connectivity index (χ0v) is 16.5. The van der Waals surface area contributed by atoms with Crippen LogP contribution in [0.5, 0.6) is 0 Å². The van der Waals surface area contributed by atoms with Gasteiger partial charge in [0.2, 0.25) is 5.91 Å². The molecular formula is C22H24ClNO3. The average molecular weight is 386 g/mol. The van der Waals surface area contributed by atoms with Crippen LogP contribution in [0.25, 0.3) is 0 Å². The van der Waals surface area contributed by atoms with E-state index in [0.29, 0.717) is 22.8 Å². The Kier molecular flexibility index (Phi) is 7.19. The van der Waals surface area contributed by atoms with Gasteiger partial charge in [0.25, 0.3) is 0 Å². The van der Waals surface area contributed by atoms with Crippen LogP contribution in [-0.2, 0) is 14.3 Å². The zero-order chi connectivity index (χ0) is 20.0. The Bertz CT molecular complexity index is 805. The molecule has 0 spiro atoms. The number of ether oxygens (including phenoxy) is 1. The normalized spacial score (nSPS) is 17.7. The first-order valence-corrected chi connectivity index (χ1v) is 9.18. The Balaban J connectivity index is 2.39. The van der Waals surface area contributed by atoms with E-state index in [2.05, 4.69) is 13.2 Å². The quantitative estimate of drug-likeness (QED) is 0.500. The molecule has 1 atom stereocenters.